The van der Waals surface area contributed by atoms with Crippen LogP contribution in [0.15, 0.2) is 24.3 Å². The molecule has 136 valence electrons. The van der Waals surface area contributed by atoms with Gasteiger partial charge < -0.3 is 10.6 Å². The van der Waals surface area contributed by atoms with Gasteiger partial charge >= 0.3 is 6.03 Å². The molecule has 1 aliphatic carbocycles. The van der Waals surface area contributed by atoms with E-state index in [0.29, 0.717) is 30.0 Å². The summed E-state index contributed by atoms with van der Waals surface area (Å²) in [5, 5.41) is 5.52. The fraction of sp³-hybridized carbons (Fsp3) is 0.450. The first-order chi connectivity index (χ1) is 12.5. The van der Waals surface area contributed by atoms with Gasteiger partial charge in [0, 0.05) is 11.3 Å². The minimum Gasteiger partial charge on any atom is -0.324 e. The third-order valence-corrected chi connectivity index (χ3v) is 5.40. The van der Waals surface area contributed by atoms with Gasteiger partial charge in [-0.3, -0.25) is 14.5 Å². The molecule has 1 saturated carbocycles. The van der Waals surface area contributed by atoms with Crippen LogP contribution in [-0.2, 0) is 9.59 Å². The fourth-order valence-electron chi connectivity index (χ4n) is 3.77. The highest BCUT2D eigenvalue weighted by Crippen LogP contribution is 2.37. The number of nitrogens with one attached hydrogen (secondary N) is 2. The van der Waals surface area contributed by atoms with Crippen molar-refractivity contribution in [2.75, 3.05) is 11.9 Å². The Kier molecular flexibility index (Phi) is 4.99. The van der Waals surface area contributed by atoms with Crippen molar-refractivity contribution in [2.24, 2.45) is 5.92 Å². The van der Waals surface area contributed by atoms with Crippen LogP contribution in [0.5, 0.6) is 0 Å². The Labute approximate surface area is 153 Å². The van der Waals surface area contributed by atoms with Crippen molar-refractivity contribution >= 4 is 23.5 Å². The number of urea groups is 1. The minimum absolute atomic E-state index is 0.287. The van der Waals surface area contributed by atoms with Gasteiger partial charge in [-0.2, -0.15) is 0 Å². The molecule has 0 atom stereocenters. The molecule has 6 nitrogen and oxygen atoms in total. The number of carbonyl (C=O) groups excluding carboxylic acids is 3. The SMILES string of the molecule is C#Cc1cccc(NC(=O)CN2C(=O)NC3(CCC(CC)CC3)C2=O)c1. The Balaban J connectivity index is 1.64. The van der Waals surface area contributed by atoms with Crippen molar-refractivity contribution in [3.05, 3.63) is 29.8 Å². The van der Waals surface area contributed by atoms with Crippen molar-refractivity contribution < 1.29 is 14.4 Å². The molecule has 26 heavy (non-hydrogen) atoms. The molecule has 1 aromatic carbocycles. The highest BCUT2D eigenvalue weighted by Gasteiger charge is 2.52. The molecule has 0 radical (unpaired) electrons. The lowest BCUT2D eigenvalue weighted by atomic mass is 9.75. The topological polar surface area (TPSA) is 78.5 Å². The Hall–Kier alpha value is -2.81. The van der Waals surface area contributed by atoms with Gasteiger partial charge in [-0.05, 0) is 49.8 Å². The summed E-state index contributed by atoms with van der Waals surface area (Å²) in [5.74, 6) is 2.38. The Morgan fingerprint density at radius 1 is 1.38 bits per heavy atom. The van der Waals surface area contributed by atoms with Gasteiger partial charge in [0.25, 0.3) is 5.91 Å². The number of imide groups is 1. The third-order valence-electron chi connectivity index (χ3n) is 5.40. The average molecular weight is 353 g/mol. The second-order valence-corrected chi connectivity index (χ2v) is 7.03. The van der Waals surface area contributed by atoms with Crippen LogP contribution < -0.4 is 10.6 Å². The fourth-order valence-corrected chi connectivity index (χ4v) is 3.77. The van der Waals surface area contributed by atoms with Crippen LogP contribution in [0.4, 0.5) is 10.5 Å². The van der Waals surface area contributed by atoms with Gasteiger partial charge in [0.15, 0.2) is 0 Å². The normalized spacial score (nSPS) is 25.1. The van der Waals surface area contributed by atoms with E-state index in [1.165, 1.54) is 0 Å². The van der Waals surface area contributed by atoms with Crippen LogP contribution in [-0.4, -0.2) is 34.8 Å². The lowest BCUT2D eigenvalue weighted by Gasteiger charge is -2.34. The highest BCUT2D eigenvalue weighted by atomic mass is 16.2. The van der Waals surface area contributed by atoms with Crippen molar-refractivity contribution in [3.63, 3.8) is 0 Å². The first-order valence-electron chi connectivity index (χ1n) is 8.98. The molecular formula is C20H23N3O3. The summed E-state index contributed by atoms with van der Waals surface area (Å²) in [7, 11) is 0. The average Bonchev–Trinajstić information content (AvgIpc) is 2.87. The molecule has 1 saturated heterocycles. The number of anilines is 1. The van der Waals surface area contributed by atoms with E-state index in [1.807, 2.05) is 0 Å². The second-order valence-electron chi connectivity index (χ2n) is 7.03. The molecule has 2 fully saturated rings. The predicted molar refractivity (Wildman–Crippen MR) is 98.2 cm³/mol. The maximum absolute atomic E-state index is 12.8. The maximum atomic E-state index is 12.8. The Morgan fingerprint density at radius 2 is 2.12 bits per heavy atom. The van der Waals surface area contributed by atoms with Crippen molar-refractivity contribution in [1.29, 1.82) is 0 Å². The van der Waals surface area contributed by atoms with Crippen molar-refractivity contribution in [1.82, 2.24) is 10.2 Å². The summed E-state index contributed by atoms with van der Waals surface area (Å²) < 4.78 is 0. The maximum Gasteiger partial charge on any atom is 0.325 e. The molecule has 1 aromatic rings. The van der Waals surface area contributed by atoms with E-state index in [2.05, 4.69) is 23.5 Å². The molecule has 2 N–H and O–H groups in total. The van der Waals surface area contributed by atoms with E-state index >= 15 is 0 Å². The summed E-state index contributed by atoms with van der Waals surface area (Å²) in [6.45, 7) is 1.84. The number of hydrogen-bond donors (Lipinski definition) is 2. The zero-order valence-corrected chi connectivity index (χ0v) is 14.9. The molecular weight excluding hydrogens is 330 g/mol. The number of hydrogen-bond acceptors (Lipinski definition) is 3. The first-order valence-corrected chi connectivity index (χ1v) is 8.98. The van der Waals surface area contributed by atoms with E-state index in [4.69, 9.17) is 6.42 Å². The Morgan fingerprint density at radius 3 is 2.77 bits per heavy atom. The molecule has 0 aromatic heterocycles. The molecule has 0 unspecified atom stereocenters. The van der Waals surface area contributed by atoms with Gasteiger partial charge in [0.2, 0.25) is 5.91 Å². The van der Waals surface area contributed by atoms with Gasteiger partial charge in [0.1, 0.15) is 12.1 Å². The summed E-state index contributed by atoms with van der Waals surface area (Å²) in [6, 6.07) is 6.37. The summed E-state index contributed by atoms with van der Waals surface area (Å²) in [4.78, 5) is 38.4. The van der Waals surface area contributed by atoms with Gasteiger partial charge in [-0.1, -0.05) is 25.3 Å². The molecule has 6 heteroatoms. The molecule has 2 aliphatic rings. The summed E-state index contributed by atoms with van der Waals surface area (Å²) in [6.07, 6.45) is 9.54. The number of terminal acetylenes is 1. The summed E-state index contributed by atoms with van der Waals surface area (Å²) in [5.41, 5.74) is 0.354. The zero-order chi connectivity index (χ0) is 18.7. The van der Waals surface area contributed by atoms with Gasteiger partial charge in [-0.15, -0.1) is 6.42 Å². The molecule has 0 bridgehead atoms. The van der Waals surface area contributed by atoms with E-state index in [-0.39, 0.29) is 12.5 Å². The predicted octanol–water partition coefficient (Wildman–Crippen LogP) is 2.50. The largest absolute Gasteiger partial charge is 0.325 e. The molecule has 3 rings (SSSR count). The first kappa shape index (κ1) is 18.0. The van der Waals surface area contributed by atoms with Crippen LogP contribution in [0.1, 0.15) is 44.6 Å². The molecule has 1 heterocycles. The number of carbonyl (C=O) groups is 3. The zero-order valence-electron chi connectivity index (χ0n) is 14.9. The third kappa shape index (κ3) is 3.43. The van der Waals surface area contributed by atoms with Crippen LogP contribution in [0.3, 0.4) is 0 Å². The number of nitrogens with zero attached hydrogens (tertiary/aromatic N) is 1. The minimum atomic E-state index is -0.827. The number of rotatable bonds is 4. The molecule has 4 amide bonds. The van der Waals surface area contributed by atoms with Crippen molar-refractivity contribution in [3.8, 4) is 12.3 Å². The standard InChI is InChI=1S/C20H23N3O3/c1-3-14-8-10-20(11-9-14)18(25)23(19(26)22-20)13-17(24)21-16-7-5-6-15(4-2)12-16/h2,5-7,12,14H,3,8-11,13H2,1H3,(H,21,24)(H,22,26). The molecule has 1 spiro atoms. The van der Waals surface area contributed by atoms with Gasteiger partial charge in [-0.25, -0.2) is 4.79 Å². The van der Waals surface area contributed by atoms with Crippen LogP contribution in [0.25, 0.3) is 0 Å². The lowest BCUT2D eigenvalue weighted by molar-refractivity contribution is -0.135. The van der Waals surface area contributed by atoms with Crippen LogP contribution in [0, 0.1) is 18.3 Å². The van der Waals surface area contributed by atoms with Crippen LogP contribution in [0.2, 0.25) is 0 Å². The summed E-state index contributed by atoms with van der Waals surface area (Å²) >= 11 is 0. The van der Waals surface area contributed by atoms with E-state index in [0.717, 1.165) is 24.2 Å². The molecule has 1 aliphatic heterocycles. The lowest BCUT2D eigenvalue weighted by Crippen LogP contribution is -2.49. The smallest absolute Gasteiger partial charge is 0.324 e. The van der Waals surface area contributed by atoms with Crippen LogP contribution >= 0.6 is 0 Å². The number of benzene rings is 1. The quantitative estimate of drug-likeness (QED) is 0.645. The monoisotopic (exact) mass is 353 g/mol. The highest BCUT2D eigenvalue weighted by molar-refractivity contribution is 6.10. The number of amides is 4. The van der Waals surface area contributed by atoms with Gasteiger partial charge in [0.05, 0.1) is 0 Å². The van der Waals surface area contributed by atoms with E-state index in [9.17, 15) is 14.4 Å². The van der Waals surface area contributed by atoms with E-state index in [1.54, 1.807) is 24.3 Å². The van der Waals surface area contributed by atoms with Crippen molar-refractivity contribution in [2.45, 2.75) is 44.6 Å². The van der Waals surface area contributed by atoms with E-state index < -0.39 is 17.5 Å². The second kappa shape index (κ2) is 7.20. The Bertz CT molecular complexity index is 773.